The summed E-state index contributed by atoms with van der Waals surface area (Å²) in [6.45, 7) is 3.20. The molecule has 1 aromatic rings. The smallest absolute Gasteiger partial charge is 0.132 e. The van der Waals surface area contributed by atoms with Crippen molar-refractivity contribution in [3.8, 4) is 0 Å². The Morgan fingerprint density at radius 1 is 1.42 bits per heavy atom. The standard InChI is InChI=1S/C10H12N2/c1-9-5-4-8-12(9)10-6-2-3-7-11-10/h2-3,5-7H,4,8H2,1H3. The Morgan fingerprint density at radius 2 is 2.33 bits per heavy atom. The molecule has 0 saturated heterocycles. The highest BCUT2D eigenvalue weighted by atomic mass is 15.2. The minimum atomic E-state index is 1.06. The Balaban J connectivity index is 2.27. The first-order valence-corrected chi connectivity index (χ1v) is 4.23. The lowest BCUT2D eigenvalue weighted by molar-refractivity contribution is 0.942. The predicted molar refractivity (Wildman–Crippen MR) is 50.0 cm³/mol. The van der Waals surface area contributed by atoms with Gasteiger partial charge in [-0.2, -0.15) is 0 Å². The molecule has 0 spiro atoms. The molecule has 0 bridgehead atoms. The number of hydrogen-bond donors (Lipinski definition) is 0. The third kappa shape index (κ3) is 1.20. The summed E-state index contributed by atoms with van der Waals surface area (Å²) in [7, 11) is 0. The van der Waals surface area contributed by atoms with Crippen molar-refractivity contribution in [3.63, 3.8) is 0 Å². The van der Waals surface area contributed by atoms with Crippen LogP contribution in [0.2, 0.25) is 0 Å². The van der Waals surface area contributed by atoms with Gasteiger partial charge in [-0.25, -0.2) is 4.98 Å². The second-order valence-electron chi connectivity index (χ2n) is 2.97. The van der Waals surface area contributed by atoms with Crippen molar-refractivity contribution in [1.29, 1.82) is 0 Å². The molecular formula is C10H12N2. The summed E-state index contributed by atoms with van der Waals surface area (Å²) < 4.78 is 0. The summed E-state index contributed by atoms with van der Waals surface area (Å²) in [5.41, 5.74) is 1.31. The van der Waals surface area contributed by atoms with Crippen LogP contribution in [0.25, 0.3) is 0 Å². The molecule has 2 heteroatoms. The predicted octanol–water partition coefficient (Wildman–Crippen LogP) is 2.20. The van der Waals surface area contributed by atoms with Gasteiger partial charge < -0.3 is 4.90 Å². The third-order valence-corrected chi connectivity index (χ3v) is 2.14. The molecule has 62 valence electrons. The number of nitrogens with zero attached hydrogens (tertiary/aromatic N) is 2. The van der Waals surface area contributed by atoms with Crippen molar-refractivity contribution in [2.45, 2.75) is 13.3 Å². The molecule has 12 heavy (non-hydrogen) atoms. The number of aromatic nitrogens is 1. The van der Waals surface area contributed by atoms with Gasteiger partial charge in [0.1, 0.15) is 5.82 Å². The normalized spacial score (nSPS) is 16.4. The van der Waals surface area contributed by atoms with E-state index in [0.29, 0.717) is 0 Å². The molecule has 2 heterocycles. The van der Waals surface area contributed by atoms with Gasteiger partial charge in [0.25, 0.3) is 0 Å². The van der Waals surface area contributed by atoms with E-state index in [-0.39, 0.29) is 0 Å². The van der Waals surface area contributed by atoms with Gasteiger partial charge in [0.15, 0.2) is 0 Å². The van der Waals surface area contributed by atoms with Gasteiger partial charge in [0.05, 0.1) is 0 Å². The van der Waals surface area contributed by atoms with Crippen molar-refractivity contribution < 1.29 is 0 Å². The van der Waals surface area contributed by atoms with E-state index in [0.717, 1.165) is 18.8 Å². The average Bonchev–Trinajstić information content (AvgIpc) is 2.53. The summed E-state index contributed by atoms with van der Waals surface area (Å²) in [6, 6.07) is 6.01. The second-order valence-corrected chi connectivity index (χ2v) is 2.97. The lowest BCUT2D eigenvalue weighted by atomic mass is 10.4. The van der Waals surface area contributed by atoms with Crippen molar-refractivity contribution >= 4 is 5.82 Å². The van der Waals surface area contributed by atoms with Crippen LogP contribution in [-0.2, 0) is 0 Å². The SMILES string of the molecule is CC1=CCCN1c1ccccn1. The zero-order valence-corrected chi connectivity index (χ0v) is 7.20. The first-order valence-electron chi connectivity index (χ1n) is 4.23. The minimum Gasteiger partial charge on any atom is -0.330 e. The van der Waals surface area contributed by atoms with Crippen molar-refractivity contribution in [2.75, 3.05) is 11.4 Å². The van der Waals surface area contributed by atoms with E-state index in [1.807, 2.05) is 24.4 Å². The number of anilines is 1. The van der Waals surface area contributed by atoms with Crippen LogP contribution in [0.4, 0.5) is 5.82 Å². The van der Waals surface area contributed by atoms with Crippen molar-refractivity contribution in [2.24, 2.45) is 0 Å². The third-order valence-electron chi connectivity index (χ3n) is 2.14. The summed E-state index contributed by atoms with van der Waals surface area (Å²) in [6.07, 6.45) is 5.22. The van der Waals surface area contributed by atoms with Gasteiger partial charge in [-0.05, 0) is 25.5 Å². The molecule has 0 aromatic carbocycles. The van der Waals surface area contributed by atoms with Crippen LogP contribution in [0.3, 0.4) is 0 Å². The van der Waals surface area contributed by atoms with Gasteiger partial charge in [0.2, 0.25) is 0 Å². The topological polar surface area (TPSA) is 16.1 Å². The Bertz CT molecular complexity index is 290. The molecule has 0 N–H and O–H groups in total. The van der Waals surface area contributed by atoms with Gasteiger partial charge in [-0.15, -0.1) is 0 Å². The summed E-state index contributed by atoms with van der Waals surface area (Å²) >= 11 is 0. The van der Waals surface area contributed by atoms with E-state index >= 15 is 0 Å². The highest BCUT2D eigenvalue weighted by Gasteiger charge is 2.12. The van der Waals surface area contributed by atoms with Crippen LogP contribution in [0.1, 0.15) is 13.3 Å². The van der Waals surface area contributed by atoms with Crippen LogP contribution in [0.5, 0.6) is 0 Å². The number of allylic oxidation sites excluding steroid dienone is 1. The van der Waals surface area contributed by atoms with Crippen molar-refractivity contribution in [1.82, 2.24) is 4.98 Å². The fourth-order valence-corrected chi connectivity index (χ4v) is 1.50. The molecular weight excluding hydrogens is 148 g/mol. The molecule has 0 saturated carbocycles. The molecule has 0 radical (unpaired) electrons. The summed E-state index contributed by atoms with van der Waals surface area (Å²) in [5.74, 6) is 1.06. The maximum absolute atomic E-state index is 4.30. The highest BCUT2D eigenvalue weighted by molar-refractivity contribution is 5.46. The summed E-state index contributed by atoms with van der Waals surface area (Å²) in [4.78, 5) is 6.53. The highest BCUT2D eigenvalue weighted by Crippen LogP contribution is 2.20. The van der Waals surface area contributed by atoms with Gasteiger partial charge in [-0.1, -0.05) is 12.1 Å². The van der Waals surface area contributed by atoms with Crippen LogP contribution in [-0.4, -0.2) is 11.5 Å². The fourth-order valence-electron chi connectivity index (χ4n) is 1.50. The maximum atomic E-state index is 4.30. The molecule has 1 aliphatic rings. The molecule has 2 nitrogen and oxygen atoms in total. The minimum absolute atomic E-state index is 1.06. The van der Waals surface area contributed by atoms with E-state index in [4.69, 9.17) is 0 Å². The summed E-state index contributed by atoms with van der Waals surface area (Å²) in [5, 5.41) is 0. The monoisotopic (exact) mass is 160 g/mol. The van der Waals surface area contributed by atoms with Crippen LogP contribution >= 0.6 is 0 Å². The van der Waals surface area contributed by atoms with E-state index < -0.39 is 0 Å². The molecule has 1 aromatic heterocycles. The molecule has 1 aliphatic heterocycles. The van der Waals surface area contributed by atoms with E-state index in [1.54, 1.807) is 0 Å². The van der Waals surface area contributed by atoms with E-state index in [1.165, 1.54) is 5.70 Å². The lowest BCUT2D eigenvalue weighted by Gasteiger charge is -2.18. The van der Waals surface area contributed by atoms with E-state index in [2.05, 4.69) is 22.9 Å². The fraction of sp³-hybridized carbons (Fsp3) is 0.300. The van der Waals surface area contributed by atoms with Gasteiger partial charge in [0, 0.05) is 18.4 Å². The first kappa shape index (κ1) is 7.35. The van der Waals surface area contributed by atoms with Gasteiger partial charge in [-0.3, -0.25) is 0 Å². The number of hydrogen-bond acceptors (Lipinski definition) is 2. The lowest BCUT2D eigenvalue weighted by Crippen LogP contribution is -2.17. The zero-order chi connectivity index (χ0) is 8.39. The molecule has 0 amide bonds. The number of pyridine rings is 1. The maximum Gasteiger partial charge on any atom is 0.132 e. The second kappa shape index (κ2) is 2.97. The van der Waals surface area contributed by atoms with Crippen molar-refractivity contribution in [3.05, 3.63) is 36.2 Å². The molecule has 0 fully saturated rings. The largest absolute Gasteiger partial charge is 0.330 e. The number of rotatable bonds is 1. The average molecular weight is 160 g/mol. The van der Waals surface area contributed by atoms with Crippen LogP contribution in [0, 0.1) is 0 Å². The Morgan fingerprint density at radius 3 is 2.92 bits per heavy atom. The van der Waals surface area contributed by atoms with E-state index in [9.17, 15) is 0 Å². The quantitative estimate of drug-likeness (QED) is 0.626. The van der Waals surface area contributed by atoms with Gasteiger partial charge >= 0.3 is 0 Å². The first-order chi connectivity index (χ1) is 5.88. The van der Waals surface area contributed by atoms with Crippen LogP contribution < -0.4 is 4.90 Å². The molecule has 2 rings (SSSR count). The molecule has 0 aliphatic carbocycles. The Hall–Kier alpha value is -1.31. The zero-order valence-electron chi connectivity index (χ0n) is 7.20. The Labute approximate surface area is 72.5 Å². The molecule has 0 unspecified atom stereocenters. The Kier molecular flexibility index (Phi) is 1.82. The van der Waals surface area contributed by atoms with Crippen LogP contribution in [0.15, 0.2) is 36.2 Å². The molecule has 0 atom stereocenters.